The Hall–Kier alpha value is -5.28. The molecule has 0 unspecified atom stereocenters. The van der Waals surface area contributed by atoms with Gasteiger partial charge in [0.15, 0.2) is 0 Å². The van der Waals surface area contributed by atoms with Crippen molar-refractivity contribution in [1.29, 1.82) is 0 Å². The lowest BCUT2D eigenvalue weighted by atomic mass is 9.80. The third-order valence-electron chi connectivity index (χ3n) is 8.68. The first-order valence-electron chi connectivity index (χ1n) is 14.6. The molecule has 0 saturated heterocycles. The van der Waals surface area contributed by atoms with Crippen molar-refractivity contribution in [1.82, 2.24) is 15.0 Å². The zero-order chi connectivity index (χ0) is 28.2. The zero-order valence-electron chi connectivity index (χ0n) is 23.7. The molecule has 0 fully saturated rings. The smallest absolute Gasteiger partial charge is 0.0507 e. The highest BCUT2D eigenvalue weighted by atomic mass is 14.8. The topological polar surface area (TPSA) is 47.4 Å². The van der Waals surface area contributed by atoms with Crippen LogP contribution in [0.5, 0.6) is 0 Å². The highest BCUT2D eigenvalue weighted by Gasteiger charge is 2.31. The highest BCUT2D eigenvalue weighted by Crippen LogP contribution is 2.49. The van der Waals surface area contributed by atoms with Gasteiger partial charge in [-0.15, -0.1) is 0 Å². The van der Waals surface area contributed by atoms with Crippen molar-refractivity contribution in [3.63, 3.8) is 0 Å². The van der Waals surface area contributed by atoms with E-state index in [1.807, 2.05) is 0 Å². The summed E-state index contributed by atoms with van der Waals surface area (Å²) in [5, 5.41) is 3.72. The van der Waals surface area contributed by atoms with Crippen LogP contribution in [0.1, 0.15) is 33.7 Å². The number of hydrogen-bond donors (Lipinski definition) is 3. The molecule has 3 aromatic heterocycles. The fourth-order valence-corrected chi connectivity index (χ4v) is 6.61. The summed E-state index contributed by atoms with van der Waals surface area (Å²) in [6.45, 7) is 4.29. The molecule has 5 aromatic carbocycles. The molecule has 0 amide bonds. The first kappa shape index (κ1) is 24.5. The predicted octanol–water partition coefficient (Wildman–Crippen LogP) is 10.3. The number of aromatic nitrogens is 3. The second-order valence-corrected chi connectivity index (χ2v) is 11.4. The van der Waals surface area contributed by atoms with Gasteiger partial charge in [0, 0.05) is 44.8 Å². The molecule has 0 aliphatic heterocycles. The molecule has 0 atom stereocenters. The van der Waals surface area contributed by atoms with Gasteiger partial charge in [-0.2, -0.15) is 0 Å². The van der Waals surface area contributed by atoms with E-state index >= 15 is 0 Å². The Labute approximate surface area is 244 Å². The maximum absolute atomic E-state index is 3.85. The van der Waals surface area contributed by atoms with Crippen molar-refractivity contribution < 1.29 is 0 Å². The van der Waals surface area contributed by atoms with Gasteiger partial charge in [-0.3, -0.25) is 0 Å². The minimum Gasteiger partial charge on any atom is -0.361 e. The summed E-state index contributed by atoms with van der Waals surface area (Å²) in [6, 6.07) is 43.9. The summed E-state index contributed by atoms with van der Waals surface area (Å²) in [6.07, 6.45) is 2.22. The molecule has 3 nitrogen and oxygen atoms in total. The number of benzene rings is 5. The van der Waals surface area contributed by atoms with Gasteiger partial charge in [-0.1, -0.05) is 114 Å². The Bertz CT molecular complexity index is 2080. The van der Waals surface area contributed by atoms with Crippen LogP contribution in [-0.2, 0) is 0 Å². The van der Waals surface area contributed by atoms with Gasteiger partial charge in [0.25, 0.3) is 0 Å². The molecule has 0 aliphatic rings. The van der Waals surface area contributed by atoms with Crippen LogP contribution in [0.25, 0.3) is 55.2 Å². The van der Waals surface area contributed by atoms with E-state index in [0.29, 0.717) is 0 Å². The van der Waals surface area contributed by atoms with Crippen molar-refractivity contribution in [2.75, 3.05) is 0 Å². The minimum atomic E-state index is -0.0546. The van der Waals surface area contributed by atoms with Gasteiger partial charge in [0.2, 0.25) is 0 Å². The van der Waals surface area contributed by atoms with Crippen molar-refractivity contribution in [2.24, 2.45) is 0 Å². The number of fused-ring (bicyclic) bond motifs is 3. The second-order valence-electron chi connectivity index (χ2n) is 11.4. The number of para-hydroxylation sites is 3. The molecular formula is C39H31N3. The predicted molar refractivity (Wildman–Crippen MR) is 176 cm³/mol. The highest BCUT2D eigenvalue weighted by molar-refractivity contribution is 5.99. The molecule has 3 heteroatoms. The Kier molecular flexibility index (Phi) is 5.65. The van der Waals surface area contributed by atoms with E-state index in [4.69, 9.17) is 0 Å². The van der Waals surface area contributed by atoms with Crippen LogP contribution in [0.2, 0.25) is 0 Å². The van der Waals surface area contributed by atoms with Gasteiger partial charge >= 0.3 is 0 Å². The Morgan fingerprint density at radius 2 is 0.881 bits per heavy atom. The standard InChI is InChI=1S/C39H31N3/c1-24-15-19-26(20-16-24)38-36(29-10-4-7-13-33(29)41-38)35(31-23-40-32-12-6-3-9-28(31)32)37-30-11-5-8-14-34(30)42-39(37)27-21-17-25(2)18-22-27/h3-23,35,40-42H,1-2H3. The Morgan fingerprint density at radius 1 is 0.452 bits per heavy atom. The van der Waals surface area contributed by atoms with Gasteiger partial charge in [0.1, 0.15) is 0 Å². The maximum Gasteiger partial charge on any atom is 0.0507 e. The monoisotopic (exact) mass is 541 g/mol. The molecule has 8 rings (SSSR count). The lowest BCUT2D eigenvalue weighted by molar-refractivity contribution is 1.01. The lowest BCUT2D eigenvalue weighted by Gasteiger charge is -2.21. The summed E-state index contributed by atoms with van der Waals surface area (Å²) in [7, 11) is 0. The van der Waals surface area contributed by atoms with E-state index in [9.17, 15) is 0 Å². The van der Waals surface area contributed by atoms with Crippen LogP contribution >= 0.6 is 0 Å². The molecule has 3 N–H and O–H groups in total. The average Bonchev–Trinajstić information content (AvgIpc) is 3.73. The van der Waals surface area contributed by atoms with Crippen LogP contribution in [0.3, 0.4) is 0 Å². The van der Waals surface area contributed by atoms with Crippen LogP contribution in [0.4, 0.5) is 0 Å². The summed E-state index contributed by atoms with van der Waals surface area (Å²) in [5.41, 5.74) is 14.5. The number of aromatic amines is 3. The van der Waals surface area contributed by atoms with Crippen molar-refractivity contribution >= 4 is 32.7 Å². The number of hydrogen-bond acceptors (Lipinski definition) is 0. The third kappa shape index (κ3) is 3.89. The van der Waals surface area contributed by atoms with Gasteiger partial charge in [-0.05, 0) is 59.9 Å². The summed E-state index contributed by atoms with van der Waals surface area (Å²) in [4.78, 5) is 11.3. The first-order valence-corrected chi connectivity index (χ1v) is 14.6. The number of nitrogens with one attached hydrogen (secondary N) is 3. The molecule has 202 valence electrons. The molecule has 42 heavy (non-hydrogen) atoms. The molecule has 0 spiro atoms. The number of aryl methyl sites for hydroxylation is 2. The van der Waals surface area contributed by atoms with Crippen molar-refractivity contribution in [3.05, 3.63) is 155 Å². The van der Waals surface area contributed by atoms with Crippen LogP contribution in [0, 0.1) is 13.8 Å². The van der Waals surface area contributed by atoms with Crippen molar-refractivity contribution in [2.45, 2.75) is 19.8 Å². The quantitative estimate of drug-likeness (QED) is 0.194. The molecule has 0 aliphatic carbocycles. The van der Waals surface area contributed by atoms with Crippen LogP contribution in [-0.4, -0.2) is 15.0 Å². The van der Waals surface area contributed by atoms with E-state index < -0.39 is 0 Å². The largest absolute Gasteiger partial charge is 0.361 e. The fourth-order valence-electron chi connectivity index (χ4n) is 6.61. The van der Waals surface area contributed by atoms with E-state index in [1.54, 1.807) is 0 Å². The van der Waals surface area contributed by atoms with Crippen LogP contribution in [0.15, 0.2) is 128 Å². The summed E-state index contributed by atoms with van der Waals surface area (Å²) in [5.74, 6) is -0.0546. The van der Waals surface area contributed by atoms with E-state index in [-0.39, 0.29) is 5.92 Å². The molecular weight excluding hydrogens is 510 g/mol. The number of H-pyrrole nitrogens is 3. The fraction of sp³-hybridized carbons (Fsp3) is 0.0769. The van der Waals surface area contributed by atoms with E-state index in [2.05, 4.69) is 156 Å². The summed E-state index contributed by atoms with van der Waals surface area (Å²) >= 11 is 0. The zero-order valence-corrected chi connectivity index (χ0v) is 23.7. The van der Waals surface area contributed by atoms with E-state index in [1.165, 1.54) is 55.1 Å². The molecule has 0 radical (unpaired) electrons. The molecule has 0 bridgehead atoms. The molecule has 0 saturated carbocycles. The number of rotatable bonds is 5. The average molecular weight is 542 g/mol. The summed E-state index contributed by atoms with van der Waals surface area (Å²) < 4.78 is 0. The SMILES string of the molecule is Cc1ccc(-c2[nH]c3ccccc3c2C(c2c[nH]c3ccccc23)c2c(-c3ccc(C)cc3)[nH]c3ccccc23)cc1. The minimum absolute atomic E-state index is 0.0546. The molecule has 3 heterocycles. The second kappa shape index (κ2) is 9.67. The van der Waals surface area contributed by atoms with Gasteiger partial charge in [0.05, 0.1) is 11.4 Å². The Morgan fingerprint density at radius 3 is 1.38 bits per heavy atom. The maximum atomic E-state index is 3.85. The lowest BCUT2D eigenvalue weighted by Crippen LogP contribution is -2.06. The normalized spacial score (nSPS) is 11.8. The Balaban J connectivity index is 1.53. The first-order chi connectivity index (χ1) is 20.7. The van der Waals surface area contributed by atoms with Crippen molar-refractivity contribution in [3.8, 4) is 22.5 Å². The van der Waals surface area contributed by atoms with Crippen LogP contribution < -0.4 is 0 Å². The molecule has 8 aromatic rings. The van der Waals surface area contributed by atoms with E-state index in [0.717, 1.165) is 27.9 Å². The van der Waals surface area contributed by atoms with Gasteiger partial charge < -0.3 is 15.0 Å². The van der Waals surface area contributed by atoms with Gasteiger partial charge in [-0.25, -0.2) is 0 Å². The third-order valence-corrected chi connectivity index (χ3v) is 8.68.